The average molecular weight is 156 g/mol. The molecule has 1 amide bonds. The van der Waals surface area contributed by atoms with Gasteiger partial charge in [0, 0.05) is 6.54 Å². The van der Waals surface area contributed by atoms with Crippen molar-refractivity contribution in [3.63, 3.8) is 0 Å². The molecule has 0 saturated carbocycles. The molecular formula is C8H16N2O. The maximum atomic E-state index is 11.0. The molecule has 0 spiro atoms. The first-order valence-electron chi connectivity index (χ1n) is 3.75. The molecule has 0 aromatic carbocycles. The molecule has 3 heteroatoms. The molecule has 0 aliphatic rings. The van der Waals surface area contributed by atoms with Crippen molar-refractivity contribution in [3.8, 4) is 0 Å². The fraction of sp³-hybridized carbons (Fsp3) is 0.625. The van der Waals surface area contributed by atoms with Crippen LogP contribution in [0.5, 0.6) is 0 Å². The molecule has 0 rings (SSSR count). The summed E-state index contributed by atoms with van der Waals surface area (Å²) in [5.74, 6) is -0.101. The summed E-state index contributed by atoms with van der Waals surface area (Å²) in [6.45, 7) is 7.92. The lowest BCUT2D eigenvalue weighted by molar-refractivity contribution is -0.122. The van der Waals surface area contributed by atoms with Gasteiger partial charge in [-0.1, -0.05) is 19.1 Å². The number of hydrogen-bond donors (Lipinski definition) is 2. The van der Waals surface area contributed by atoms with E-state index in [-0.39, 0.29) is 11.9 Å². The van der Waals surface area contributed by atoms with E-state index in [9.17, 15) is 4.79 Å². The quantitative estimate of drug-likeness (QED) is 0.579. The first-order chi connectivity index (χ1) is 5.07. The van der Waals surface area contributed by atoms with Crippen molar-refractivity contribution < 1.29 is 4.79 Å². The van der Waals surface area contributed by atoms with Gasteiger partial charge in [-0.3, -0.25) is 4.79 Å². The van der Waals surface area contributed by atoms with Crippen LogP contribution in [0.3, 0.4) is 0 Å². The van der Waals surface area contributed by atoms with Gasteiger partial charge in [0.2, 0.25) is 5.91 Å². The van der Waals surface area contributed by atoms with Crippen molar-refractivity contribution in [2.45, 2.75) is 26.3 Å². The van der Waals surface area contributed by atoms with Crippen LogP contribution >= 0.6 is 0 Å². The Morgan fingerprint density at radius 3 is 2.64 bits per heavy atom. The smallest absolute Gasteiger partial charge is 0.237 e. The maximum absolute atomic E-state index is 11.0. The van der Waals surface area contributed by atoms with E-state index in [1.54, 1.807) is 0 Å². The fourth-order valence-electron chi connectivity index (χ4n) is 0.554. The highest BCUT2D eigenvalue weighted by Gasteiger charge is 2.08. The highest BCUT2D eigenvalue weighted by atomic mass is 16.2. The lowest BCUT2D eigenvalue weighted by Gasteiger charge is -2.09. The molecular weight excluding hydrogens is 140 g/mol. The third-order valence-corrected chi connectivity index (χ3v) is 1.34. The molecule has 0 aromatic rings. The van der Waals surface area contributed by atoms with Crippen LogP contribution in [0.15, 0.2) is 12.2 Å². The van der Waals surface area contributed by atoms with Crippen LogP contribution in [-0.4, -0.2) is 18.5 Å². The summed E-state index contributed by atoms with van der Waals surface area (Å²) < 4.78 is 0. The van der Waals surface area contributed by atoms with E-state index in [0.717, 1.165) is 5.57 Å². The third kappa shape index (κ3) is 4.56. The number of rotatable bonds is 4. The summed E-state index contributed by atoms with van der Waals surface area (Å²) >= 11 is 0. The van der Waals surface area contributed by atoms with Gasteiger partial charge in [0.25, 0.3) is 0 Å². The average Bonchev–Trinajstić information content (AvgIpc) is 1.98. The molecule has 11 heavy (non-hydrogen) atoms. The molecule has 0 aliphatic carbocycles. The molecule has 0 radical (unpaired) electrons. The Hall–Kier alpha value is -0.830. The second-order valence-corrected chi connectivity index (χ2v) is 2.69. The zero-order valence-electron chi connectivity index (χ0n) is 7.18. The lowest BCUT2D eigenvalue weighted by atomic mass is 10.2. The largest absolute Gasteiger partial charge is 0.351 e. The summed E-state index contributed by atoms with van der Waals surface area (Å²) in [5, 5.41) is 2.67. The van der Waals surface area contributed by atoms with Crippen LogP contribution in [0.2, 0.25) is 0 Å². The molecule has 3 N–H and O–H groups in total. The molecule has 3 nitrogen and oxygen atoms in total. The van der Waals surface area contributed by atoms with Crippen LogP contribution in [0.1, 0.15) is 20.3 Å². The van der Waals surface area contributed by atoms with Gasteiger partial charge < -0.3 is 11.1 Å². The van der Waals surface area contributed by atoms with Gasteiger partial charge >= 0.3 is 0 Å². The molecule has 64 valence electrons. The third-order valence-electron chi connectivity index (χ3n) is 1.34. The highest BCUT2D eigenvalue weighted by molar-refractivity contribution is 5.81. The molecule has 0 aromatic heterocycles. The molecule has 1 atom stereocenters. The van der Waals surface area contributed by atoms with Gasteiger partial charge in [0.15, 0.2) is 0 Å². The Kier molecular flexibility index (Phi) is 4.54. The van der Waals surface area contributed by atoms with Gasteiger partial charge in [-0.2, -0.15) is 0 Å². The monoisotopic (exact) mass is 156 g/mol. The molecule has 0 fully saturated rings. The van der Waals surface area contributed by atoms with Gasteiger partial charge in [-0.15, -0.1) is 0 Å². The summed E-state index contributed by atoms with van der Waals surface area (Å²) in [6.07, 6.45) is 0.669. The predicted molar refractivity (Wildman–Crippen MR) is 46.1 cm³/mol. The number of amides is 1. The van der Waals surface area contributed by atoms with E-state index in [4.69, 9.17) is 5.73 Å². The summed E-state index contributed by atoms with van der Waals surface area (Å²) in [6, 6.07) is -0.380. The zero-order chi connectivity index (χ0) is 8.85. The number of nitrogens with two attached hydrogens (primary N) is 1. The van der Waals surface area contributed by atoms with Gasteiger partial charge in [-0.25, -0.2) is 0 Å². The second kappa shape index (κ2) is 4.91. The van der Waals surface area contributed by atoms with Crippen molar-refractivity contribution in [1.29, 1.82) is 0 Å². The first-order valence-corrected chi connectivity index (χ1v) is 3.75. The normalized spacial score (nSPS) is 12.3. The number of carbonyl (C=O) groups is 1. The Bertz CT molecular complexity index is 154. The van der Waals surface area contributed by atoms with Gasteiger partial charge in [0.1, 0.15) is 0 Å². The van der Waals surface area contributed by atoms with Crippen molar-refractivity contribution in [2.75, 3.05) is 6.54 Å². The van der Waals surface area contributed by atoms with E-state index < -0.39 is 0 Å². The summed E-state index contributed by atoms with van der Waals surface area (Å²) in [5.41, 5.74) is 6.39. The van der Waals surface area contributed by atoms with Crippen molar-refractivity contribution in [1.82, 2.24) is 5.32 Å². The summed E-state index contributed by atoms with van der Waals surface area (Å²) in [4.78, 5) is 11.0. The van der Waals surface area contributed by atoms with Crippen LogP contribution in [-0.2, 0) is 4.79 Å². The first kappa shape index (κ1) is 10.2. The Morgan fingerprint density at radius 1 is 1.73 bits per heavy atom. The number of nitrogens with one attached hydrogen (secondary N) is 1. The minimum atomic E-state index is -0.380. The van der Waals surface area contributed by atoms with E-state index >= 15 is 0 Å². The number of hydrogen-bond acceptors (Lipinski definition) is 2. The van der Waals surface area contributed by atoms with Crippen LogP contribution < -0.4 is 11.1 Å². The van der Waals surface area contributed by atoms with E-state index in [1.807, 2.05) is 13.8 Å². The maximum Gasteiger partial charge on any atom is 0.237 e. The second-order valence-electron chi connectivity index (χ2n) is 2.69. The summed E-state index contributed by atoms with van der Waals surface area (Å²) in [7, 11) is 0. The Morgan fingerprint density at radius 2 is 2.27 bits per heavy atom. The fourth-order valence-corrected chi connectivity index (χ4v) is 0.554. The van der Waals surface area contributed by atoms with Gasteiger partial charge in [-0.05, 0) is 13.3 Å². The van der Waals surface area contributed by atoms with E-state index in [1.165, 1.54) is 0 Å². The standard InChI is InChI=1S/C8H16N2O/c1-4-7(9)8(11)10-5-6(2)3/h7H,2,4-5,9H2,1,3H3,(H,10,11)/t7-/m1/s1. The van der Waals surface area contributed by atoms with Crippen molar-refractivity contribution in [3.05, 3.63) is 12.2 Å². The topological polar surface area (TPSA) is 55.1 Å². The predicted octanol–water partition coefficient (Wildman–Crippen LogP) is 0.416. The van der Waals surface area contributed by atoms with E-state index in [2.05, 4.69) is 11.9 Å². The Balaban J connectivity index is 3.60. The van der Waals surface area contributed by atoms with Crippen LogP contribution in [0.4, 0.5) is 0 Å². The molecule has 0 bridgehead atoms. The minimum absolute atomic E-state index is 0.101. The molecule has 0 heterocycles. The minimum Gasteiger partial charge on any atom is -0.351 e. The lowest BCUT2D eigenvalue weighted by Crippen LogP contribution is -2.40. The van der Waals surface area contributed by atoms with Crippen LogP contribution in [0, 0.1) is 0 Å². The SMILES string of the molecule is C=C(C)CNC(=O)[C@H](N)CC. The van der Waals surface area contributed by atoms with E-state index in [0.29, 0.717) is 13.0 Å². The van der Waals surface area contributed by atoms with Gasteiger partial charge in [0.05, 0.1) is 6.04 Å². The molecule has 0 unspecified atom stereocenters. The molecule has 0 aliphatic heterocycles. The zero-order valence-corrected chi connectivity index (χ0v) is 7.18. The van der Waals surface area contributed by atoms with Crippen molar-refractivity contribution in [2.24, 2.45) is 5.73 Å². The molecule has 0 saturated heterocycles. The van der Waals surface area contributed by atoms with Crippen molar-refractivity contribution >= 4 is 5.91 Å². The number of carbonyl (C=O) groups excluding carboxylic acids is 1. The van der Waals surface area contributed by atoms with Crippen LogP contribution in [0.25, 0.3) is 0 Å². The highest BCUT2D eigenvalue weighted by Crippen LogP contribution is 1.87. The Labute approximate surface area is 67.7 Å².